The number of hydrogen-bond donors (Lipinski definition) is 1. The smallest absolute Gasteiger partial charge is 0.253 e. The quantitative estimate of drug-likeness (QED) is 0.438. The Labute approximate surface area is 196 Å². The first kappa shape index (κ1) is 23.0. The van der Waals surface area contributed by atoms with Gasteiger partial charge < -0.3 is 19.7 Å². The van der Waals surface area contributed by atoms with Gasteiger partial charge in [-0.15, -0.1) is 0 Å². The highest BCUT2D eigenvalue weighted by Crippen LogP contribution is 2.52. The van der Waals surface area contributed by atoms with Crippen molar-refractivity contribution < 1.29 is 14.3 Å². The molecular weight excluding hydrogens is 412 g/mol. The minimum absolute atomic E-state index is 0.117. The topological polar surface area (TPSA) is 50.8 Å². The zero-order chi connectivity index (χ0) is 23.1. The summed E-state index contributed by atoms with van der Waals surface area (Å²) in [6, 6.07) is 27.6. The van der Waals surface area contributed by atoms with E-state index in [9.17, 15) is 4.79 Å². The van der Waals surface area contributed by atoms with Gasteiger partial charge in [0.15, 0.2) is 0 Å². The lowest BCUT2D eigenvalue weighted by atomic mass is 9.93. The van der Waals surface area contributed by atoms with Gasteiger partial charge in [-0.3, -0.25) is 4.79 Å². The number of ether oxygens (including phenoxy) is 2. The van der Waals surface area contributed by atoms with Gasteiger partial charge in [-0.1, -0.05) is 60.7 Å². The Kier molecular flexibility index (Phi) is 7.43. The molecule has 1 N–H and O–H groups in total. The molecule has 1 fully saturated rings. The molecule has 1 aliphatic rings. The van der Waals surface area contributed by atoms with E-state index in [1.54, 1.807) is 0 Å². The third-order valence-electron chi connectivity index (χ3n) is 6.07. The maximum atomic E-state index is 13.0. The predicted molar refractivity (Wildman–Crippen MR) is 130 cm³/mol. The van der Waals surface area contributed by atoms with Gasteiger partial charge in [0.25, 0.3) is 5.91 Å². The van der Waals surface area contributed by atoms with Gasteiger partial charge in [0.1, 0.15) is 18.6 Å². The molecule has 0 aromatic heterocycles. The average molecular weight is 445 g/mol. The third kappa shape index (κ3) is 6.01. The number of hydrogen-bond acceptors (Lipinski definition) is 4. The fraction of sp³-hybridized carbons (Fsp3) is 0.321. The van der Waals surface area contributed by atoms with Crippen molar-refractivity contribution in [3.63, 3.8) is 0 Å². The highest BCUT2D eigenvalue weighted by molar-refractivity contribution is 5.94. The van der Waals surface area contributed by atoms with E-state index in [-0.39, 0.29) is 11.3 Å². The minimum atomic E-state index is -0.408. The molecule has 4 rings (SSSR count). The Morgan fingerprint density at radius 1 is 0.970 bits per heavy atom. The van der Waals surface area contributed by atoms with Crippen LogP contribution in [-0.4, -0.2) is 44.3 Å². The van der Waals surface area contributed by atoms with Crippen LogP contribution in [0.3, 0.4) is 0 Å². The molecule has 1 aliphatic carbocycles. The van der Waals surface area contributed by atoms with Crippen LogP contribution >= 0.6 is 0 Å². The van der Waals surface area contributed by atoms with E-state index in [0.717, 1.165) is 36.3 Å². The van der Waals surface area contributed by atoms with Crippen molar-refractivity contribution in [3.8, 4) is 5.75 Å². The van der Waals surface area contributed by atoms with Crippen LogP contribution in [0.2, 0.25) is 0 Å². The van der Waals surface area contributed by atoms with E-state index in [4.69, 9.17) is 9.47 Å². The Hall–Kier alpha value is -3.15. The van der Waals surface area contributed by atoms with Crippen LogP contribution in [0.4, 0.5) is 0 Å². The number of nitrogens with one attached hydrogen (secondary N) is 1. The standard InChI is InChI=1S/C28H32N2O3/c1-30(2)18-19-32-27(29-26(31)23-12-7-4-8-13-23)28(16-17-28)24-14-9-15-25(20-24)33-21-22-10-5-3-6-11-22/h3-15,20,27H,16-19,21H2,1-2H3,(H,29,31). The number of likely N-dealkylation sites (N-methyl/N-ethyl adjacent to an activating group) is 1. The van der Waals surface area contributed by atoms with Gasteiger partial charge in [-0.05, 0) is 62.3 Å². The van der Waals surface area contributed by atoms with E-state index in [0.29, 0.717) is 18.8 Å². The lowest BCUT2D eigenvalue weighted by Gasteiger charge is -2.29. The maximum Gasteiger partial charge on any atom is 0.253 e. The van der Waals surface area contributed by atoms with Crippen molar-refractivity contribution in [1.29, 1.82) is 0 Å². The minimum Gasteiger partial charge on any atom is -0.489 e. The summed E-state index contributed by atoms with van der Waals surface area (Å²) >= 11 is 0. The fourth-order valence-electron chi connectivity index (χ4n) is 3.96. The third-order valence-corrected chi connectivity index (χ3v) is 6.07. The summed E-state index contributed by atoms with van der Waals surface area (Å²) in [6.07, 6.45) is 1.50. The van der Waals surface area contributed by atoms with E-state index in [1.807, 2.05) is 74.8 Å². The lowest BCUT2D eigenvalue weighted by molar-refractivity contribution is -0.000889. The molecule has 33 heavy (non-hydrogen) atoms. The number of carbonyl (C=O) groups is 1. The molecule has 0 aliphatic heterocycles. The second-order valence-corrected chi connectivity index (χ2v) is 8.85. The van der Waals surface area contributed by atoms with Gasteiger partial charge in [-0.2, -0.15) is 0 Å². The van der Waals surface area contributed by atoms with Crippen LogP contribution in [0.25, 0.3) is 0 Å². The van der Waals surface area contributed by atoms with Crippen LogP contribution in [0, 0.1) is 0 Å². The molecule has 1 saturated carbocycles. The molecule has 0 bridgehead atoms. The first-order valence-electron chi connectivity index (χ1n) is 11.5. The average Bonchev–Trinajstić information content (AvgIpc) is 3.65. The Morgan fingerprint density at radius 3 is 2.33 bits per heavy atom. The summed E-state index contributed by atoms with van der Waals surface area (Å²) in [4.78, 5) is 15.0. The fourth-order valence-corrected chi connectivity index (χ4v) is 3.96. The molecule has 1 unspecified atom stereocenters. The van der Waals surface area contributed by atoms with Crippen LogP contribution in [-0.2, 0) is 16.8 Å². The summed E-state index contributed by atoms with van der Waals surface area (Å²) < 4.78 is 12.3. The molecule has 5 heteroatoms. The second kappa shape index (κ2) is 10.6. The van der Waals surface area contributed by atoms with E-state index in [2.05, 4.69) is 34.5 Å². The molecule has 172 valence electrons. The molecule has 0 radical (unpaired) electrons. The first-order valence-corrected chi connectivity index (χ1v) is 11.5. The van der Waals surface area contributed by atoms with E-state index in [1.165, 1.54) is 0 Å². The Bertz CT molecular complexity index is 1030. The molecule has 0 heterocycles. The molecule has 1 amide bonds. The second-order valence-electron chi connectivity index (χ2n) is 8.85. The number of benzene rings is 3. The molecule has 3 aromatic rings. The number of nitrogens with zero attached hydrogens (tertiary/aromatic N) is 1. The van der Waals surface area contributed by atoms with Crippen molar-refractivity contribution in [2.45, 2.75) is 31.1 Å². The maximum absolute atomic E-state index is 13.0. The summed E-state index contributed by atoms with van der Waals surface area (Å²) in [7, 11) is 4.03. The Morgan fingerprint density at radius 2 is 1.67 bits per heavy atom. The molecule has 0 saturated heterocycles. The van der Waals surface area contributed by atoms with Crippen molar-refractivity contribution >= 4 is 5.91 Å². The highest BCUT2D eigenvalue weighted by Gasteiger charge is 2.52. The summed E-state index contributed by atoms with van der Waals surface area (Å²) in [5.74, 6) is 0.706. The van der Waals surface area contributed by atoms with Crippen LogP contribution < -0.4 is 10.1 Å². The largest absolute Gasteiger partial charge is 0.489 e. The normalized spacial score (nSPS) is 15.1. The van der Waals surface area contributed by atoms with Crippen molar-refractivity contribution in [1.82, 2.24) is 10.2 Å². The number of amides is 1. The summed E-state index contributed by atoms with van der Waals surface area (Å²) in [6.45, 7) is 1.84. The van der Waals surface area contributed by atoms with E-state index >= 15 is 0 Å². The van der Waals surface area contributed by atoms with Gasteiger partial charge in [-0.25, -0.2) is 0 Å². The monoisotopic (exact) mass is 444 g/mol. The van der Waals surface area contributed by atoms with Gasteiger partial charge >= 0.3 is 0 Å². The van der Waals surface area contributed by atoms with Crippen LogP contribution in [0.5, 0.6) is 5.75 Å². The summed E-state index contributed by atoms with van der Waals surface area (Å²) in [5.41, 5.74) is 2.65. The Balaban J connectivity index is 1.51. The molecule has 5 nitrogen and oxygen atoms in total. The zero-order valence-electron chi connectivity index (χ0n) is 19.4. The van der Waals surface area contributed by atoms with Crippen molar-refractivity contribution in [2.75, 3.05) is 27.2 Å². The molecule has 1 atom stereocenters. The molecule has 3 aromatic carbocycles. The van der Waals surface area contributed by atoms with Crippen molar-refractivity contribution in [2.24, 2.45) is 0 Å². The molecule has 0 spiro atoms. The van der Waals surface area contributed by atoms with Gasteiger partial charge in [0, 0.05) is 17.5 Å². The zero-order valence-corrected chi connectivity index (χ0v) is 19.4. The lowest BCUT2D eigenvalue weighted by Crippen LogP contribution is -2.46. The summed E-state index contributed by atoms with van der Waals surface area (Å²) in [5, 5.41) is 3.17. The molecular formula is C28H32N2O3. The van der Waals surface area contributed by atoms with Crippen molar-refractivity contribution in [3.05, 3.63) is 102 Å². The van der Waals surface area contributed by atoms with Crippen LogP contribution in [0.15, 0.2) is 84.9 Å². The van der Waals surface area contributed by atoms with E-state index < -0.39 is 6.23 Å². The number of rotatable bonds is 11. The highest BCUT2D eigenvalue weighted by atomic mass is 16.5. The van der Waals surface area contributed by atoms with Gasteiger partial charge in [0.05, 0.1) is 6.61 Å². The van der Waals surface area contributed by atoms with Crippen LogP contribution in [0.1, 0.15) is 34.3 Å². The SMILES string of the molecule is CN(C)CCOC(NC(=O)c1ccccc1)C1(c2cccc(OCc3ccccc3)c2)CC1. The van der Waals surface area contributed by atoms with Gasteiger partial charge in [0.2, 0.25) is 0 Å². The first-order chi connectivity index (χ1) is 16.1. The predicted octanol–water partition coefficient (Wildman–Crippen LogP) is 4.63. The number of carbonyl (C=O) groups excluding carboxylic acids is 1.